The molecular weight excluding hydrogens is 606 g/mol. The summed E-state index contributed by atoms with van der Waals surface area (Å²) in [6.45, 7) is 0. The Morgan fingerprint density at radius 1 is 0.909 bits per heavy atom. The smallest absolute Gasteiger partial charge is 0.255 e. The summed E-state index contributed by atoms with van der Waals surface area (Å²) in [5, 5.41) is 16.7. The van der Waals surface area contributed by atoms with Gasteiger partial charge in [-0.2, -0.15) is 5.26 Å². The molecule has 218 valence electrons. The van der Waals surface area contributed by atoms with Crippen LogP contribution in [0, 0.1) is 11.3 Å². The highest BCUT2D eigenvalue weighted by atomic mass is 35.5. The van der Waals surface area contributed by atoms with Gasteiger partial charge in [0, 0.05) is 26.0 Å². The van der Waals surface area contributed by atoms with E-state index in [4.69, 9.17) is 11.6 Å². The van der Waals surface area contributed by atoms with E-state index < -0.39 is 5.25 Å². The normalized spacial score (nSPS) is 14.6. The van der Waals surface area contributed by atoms with Gasteiger partial charge >= 0.3 is 0 Å². The monoisotopic (exact) mass is 633 g/mol. The second kappa shape index (κ2) is 13.5. The molecule has 0 spiro atoms. The lowest BCUT2D eigenvalue weighted by Crippen LogP contribution is -2.19. The van der Waals surface area contributed by atoms with Crippen LogP contribution in [0.25, 0.3) is 0 Å². The summed E-state index contributed by atoms with van der Waals surface area (Å²) in [6.07, 6.45) is 2.65. The zero-order valence-electron chi connectivity index (χ0n) is 23.6. The molecule has 2 atom stereocenters. The number of thiophene rings is 1. The molecule has 2 amide bonds. The van der Waals surface area contributed by atoms with Crippen LogP contribution in [-0.4, -0.2) is 11.8 Å². The van der Waals surface area contributed by atoms with E-state index in [1.807, 2.05) is 60.7 Å². The molecule has 0 fully saturated rings. The lowest BCUT2D eigenvalue weighted by atomic mass is 9.83. The minimum Gasteiger partial charge on any atom is -0.322 e. The van der Waals surface area contributed by atoms with Crippen molar-refractivity contribution in [2.45, 2.75) is 35.3 Å². The molecule has 0 aliphatic heterocycles. The van der Waals surface area contributed by atoms with Crippen molar-refractivity contribution in [2.75, 3.05) is 10.6 Å². The molecule has 8 heteroatoms. The maximum Gasteiger partial charge on any atom is 0.255 e. The Morgan fingerprint density at radius 3 is 2.41 bits per heavy atom. The van der Waals surface area contributed by atoms with E-state index >= 15 is 0 Å². The van der Waals surface area contributed by atoms with E-state index in [0.717, 1.165) is 35.3 Å². The molecule has 5 nitrogen and oxygen atoms in total. The molecule has 0 bridgehead atoms. The molecule has 44 heavy (non-hydrogen) atoms. The number of hydrogen-bond acceptors (Lipinski definition) is 5. The molecule has 2 unspecified atom stereocenters. The first-order valence-electron chi connectivity index (χ1n) is 14.3. The van der Waals surface area contributed by atoms with Gasteiger partial charge in [-0.1, -0.05) is 84.4 Å². The van der Waals surface area contributed by atoms with Crippen molar-refractivity contribution in [3.05, 3.63) is 147 Å². The SMILES string of the molecule is N#Cc1c(NC(=O)C(Sc2cccc(NC(=O)c3cccc(Cl)c3)c2)c2ccccc2)sc2c1CCC(c1ccccc1)C2. The summed E-state index contributed by atoms with van der Waals surface area (Å²) in [5.74, 6) is -0.0758. The second-order valence-electron chi connectivity index (χ2n) is 10.6. The second-order valence-corrected chi connectivity index (χ2v) is 13.3. The Balaban J connectivity index is 1.22. The predicted molar refractivity (Wildman–Crippen MR) is 180 cm³/mol. The molecule has 1 aliphatic carbocycles. The summed E-state index contributed by atoms with van der Waals surface area (Å²) in [4.78, 5) is 28.7. The zero-order chi connectivity index (χ0) is 30.5. The topological polar surface area (TPSA) is 82.0 Å². The van der Waals surface area contributed by atoms with Gasteiger partial charge in [-0.3, -0.25) is 9.59 Å². The van der Waals surface area contributed by atoms with E-state index in [9.17, 15) is 14.9 Å². The number of amides is 2. The van der Waals surface area contributed by atoms with Gasteiger partial charge < -0.3 is 10.6 Å². The third kappa shape index (κ3) is 6.74. The number of thioether (sulfide) groups is 1. The lowest BCUT2D eigenvalue weighted by Gasteiger charge is -2.22. The third-order valence-corrected chi connectivity index (χ3v) is 10.3. The van der Waals surface area contributed by atoms with Crippen LogP contribution in [0.4, 0.5) is 10.7 Å². The Hall–Kier alpha value is -4.35. The molecule has 2 N–H and O–H groups in total. The van der Waals surface area contributed by atoms with E-state index in [1.54, 1.807) is 24.3 Å². The standard InChI is InChI=1S/C36H28ClN3O2S2/c37-27-14-7-13-26(19-27)34(41)39-28-15-8-16-29(21-28)43-33(24-11-5-2-6-12-24)35(42)40-36-31(22-38)30-18-17-25(20-32(30)44-36)23-9-3-1-4-10-23/h1-16,19,21,25,33H,17-18,20H2,(H,39,41)(H,40,42). The fourth-order valence-electron chi connectivity index (χ4n) is 5.50. The number of carbonyl (C=O) groups excluding carboxylic acids is 2. The fourth-order valence-corrected chi connectivity index (χ4v) is 8.05. The van der Waals surface area contributed by atoms with Crippen molar-refractivity contribution >= 4 is 57.2 Å². The number of nitrogens with one attached hydrogen (secondary N) is 2. The summed E-state index contributed by atoms with van der Waals surface area (Å²) in [5.41, 5.74) is 4.85. The Bertz CT molecular complexity index is 1850. The quantitative estimate of drug-likeness (QED) is 0.167. The number of fused-ring (bicyclic) bond motifs is 1. The van der Waals surface area contributed by atoms with Crippen molar-refractivity contribution in [3.63, 3.8) is 0 Å². The van der Waals surface area contributed by atoms with Crippen LogP contribution >= 0.6 is 34.7 Å². The van der Waals surface area contributed by atoms with Crippen molar-refractivity contribution < 1.29 is 9.59 Å². The minimum atomic E-state index is -0.585. The minimum absolute atomic E-state index is 0.204. The van der Waals surface area contributed by atoms with Crippen LogP contribution in [-0.2, 0) is 17.6 Å². The summed E-state index contributed by atoms with van der Waals surface area (Å²) in [7, 11) is 0. The number of rotatable bonds is 8. The van der Waals surface area contributed by atoms with Gasteiger partial charge in [-0.05, 0) is 78.3 Å². The van der Waals surface area contributed by atoms with Gasteiger partial charge in [0.1, 0.15) is 16.3 Å². The average molecular weight is 634 g/mol. The summed E-state index contributed by atoms with van der Waals surface area (Å²) in [6, 6.07) is 36.6. The largest absolute Gasteiger partial charge is 0.322 e. The first-order valence-corrected chi connectivity index (χ1v) is 16.3. The number of benzene rings is 4. The molecule has 0 saturated heterocycles. The molecule has 1 aliphatic rings. The molecule has 1 aromatic heterocycles. The first-order chi connectivity index (χ1) is 21.5. The number of halogens is 1. The van der Waals surface area contributed by atoms with Crippen molar-refractivity contribution in [1.29, 1.82) is 5.26 Å². The van der Waals surface area contributed by atoms with Gasteiger partial charge in [0.05, 0.1) is 5.56 Å². The van der Waals surface area contributed by atoms with Gasteiger partial charge in [0.2, 0.25) is 5.91 Å². The van der Waals surface area contributed by atoms with Crippen LogP contribution in [0.2, 0.25) is 5.02 Å². The van der Waals surface area contributed by atoms with E-state index in [0.29, 0.717) is 32.8 Å². The highest BCUT2D eigenvalue weighted by Crippen LogP contribution is 2.43. The predicted octanol–water partition coefficient (Wildman–Crippen LogP) is 9.27. The summed E-state index contributed by atoms with van der Waals surface area (Å²) < 4.78 is 0. The fraction of sp³-hybridized carbons (Fsp3) is 0.139. The van der Waals surface area contributed by atoms with E-state index in [1.165, 1.54) is 33.5 Å². The lowest BCUT2D eigenvalue weighted by molar-refractivity contribution is -0.115. The maximum absolute atomic E-state index is 13.9. The Morgan fingerprint density at radius 2 is 1.66 bits per heavy atom. The molecule has 5 aromatic rings. The average Bonchev–Trinajstić information content (AvgIpc) is 3.40. The van der Waals surface area contributed by atoms with Crippen molar-refractivity contribution in [1.82, 2.24) is 0 Å². The van der Waals surface area contributed by atoms with Gasteiger partial charge in [0.25, 0.3) is 5.91 Å². The molecule has 1 heterocycles. The van der Waals surface area contributed by atoms with E-state index in [2.05, 4.69) is 41.0 Å². The number of hydrogen-bond donors (Lipinski definition) is 2. The third-order valence-electron chi connectivity index (χ3n) is 7.66. The van der Waals surface area contributed by atoms with Crippen LogP contribution in [0.5, 0.6) is 0 Å². The Labute approximate surface area is 269 Å². The Kier molecular flexibility index (Phi) is 9.13. The van der Waals surface area contributed by atoms with Crippen LogP contribution in [0.3, 0.4) is 0 Å². The van der Waals surface area contributed by atoms with Crippen molar-refractivity contribution in [3.8, 4) is 6.07 Å². The van der Waals surface area contributed by atoms with Gasteiger partial charge in [-0.15, -0.1) is 23.1 Å². The van der Waals surface area contributed by atoms with Gasteiger partial charge in [-0.25, -0.2) is 0 Å². The van der Waals surface area contributed by atoms with Crippen LogP contribution < -0.4 is 10.6 Å². The molecular formula is C36H28ClN3O2S2. The van der Waals surface area contributed by atoms with Crippen molar-refractivity contribution in [2.24, 2.45) is 0 Å². The molecule has 6 rings (SSSR count). The number of carbonyl (C=O) groups is 2. The maximum atomic E-state index is 13.9. The van der Waals surface area contributed by atoms with E-state index in [-0.39, 0.29) is 11.8 Å². The number of nitrogens with zero attached hydrogens (tertiary/aromatic N) is 1. The first kappa shape index (κ1) is 29.7. The number of nitriles is 1. The van der Waals surface area contributed by atoms with Crippen LogP contribution in [0.1, 0.15) is 55.1 Å². The highest BCUT2D eigenvalue weighted by molar-refractivity contribution is 8.00. The zero-order valence-corrected chi connectivity index (χ0v) is 26.0. The molecule has 0 radical (unpaired) electrons. The summed E-state index contributed by atoms with van der Waals surface area (Å²) >= 11 is 8.97. The molecule has 0 saturated carbocycles. The molecule has 4 aromatic carbocycles. The highest BCUT2D eigenvalue weighted by Gasteiger charge is 2.29. The number of anilines is 2. The van der Waals surface area contributed by atoms with Gasteiger partial charge in [0.15, 0.2) is 0 Å². The van der Waals surface area contributed by atoms with Crippen LogP contribution in [0.15, 0.2) is 114 Å².